The maximum atomic E-state index is 12.5. The number of likely N-dealkylation sites (tertiary alicyclic amines) is 1. The fourth-order valence-electron chi connectivity index (χ4n) is 4.74. The first-order valence-electron chi connectivity index (χ1n) is 9.56. The molecule has 0 unspecified atom stereocenters. The number of rotatable bonds is 2. The van der Waals surface area contributed by atoms with Crippen molar-refractivity contribution in [2.75, 3.05) is 59.5 Å². The highest BCUT2D eigenvalue weighted by atomic mass is 16.5. The molecule has 0 aromatic heterocycles. The van der Waals surface area contributed by atoms with Crippen LogP contribution in [0, 0.1) is 0 Å². The third-order valence-electron chi connectivity index (χ3n) is 6.37. The molecule has 0 saturated carbocycles. The van der Waals surface area contributed by atoms with Crippen molar-refractivity contribution >= 4 is 5.91 Å². The molecule has 0 atom stereocenters. The molecule has 4 rings (SSSR count). The number of morpholine rings is 1. The number of carbonyl (C=O) groups is 1. The second kappa shape index (κ2) is 7.06. The number of ether oxygens (including phenoxy) is 1. The molecule has 0 bridgehead atoms. The van der Waals surface area contributed by atoms with Gasteiger partial charge in [0.15, 0.2) is 0 Å². The molecule has 1 spiro atoms. The Morgan fingerprint density at radius 1 is 1.08 bits per heavy atom. The SMILES string of the molecule is CN1CCc2ccccc2C12CCN(CC(=O)N1CCOCC1)CC2. The van der Waals surface area contributed by atoms with Crippen LogP contribution in [0.15, 0.2) is 24.3 Å². The van der Waals surface area contributed by atoms with Gasteiger partial charge in [-0.25, -0.2) is 0 Å². The van der Waals surface area contributed by atoms with Crippen molar-refractivity contribution in [2.24, 2.45) is 0 Å². The van der Waals surface area contributed by atoms with Crippen molar-refractivity contribution in [2.45, 2.75) is 24.8 Å². The van der Waals surface area contributed by atoms with Crippen molar-refractivity contribution in [1.82, 2.24) is 14.7 Å². The zero-order chi connectivity index (χ0) is 17.3. The molecule has 3 heterocycles. The molecule has 0 radical (unpaired) electrons. The number of piperidine rings is 1. The Morgan fingerprint density at radius 3 is 2.56 bits per heavy atom. The quantitative estimate of drug-likeness (QED) is 0.812. The molecule has 2 saturated heterocycles. The Balaban J connectivity index is 1.42. The number of likely N-dealkylation sites (N-methyl/N-ethyl adjacent to an activating group) is 1. The molecule has 3 aliphatic heterocycles. The molecule has 2 fully saturated rings. The van der Waals surface area contributed by atoms with Gasteiger partial charge < -0.3 is 9.64 Å². The van der Waals surface area contributed by atoms with E-state index in [1.165, 1.54) is 11.1 Å². The Morgan fingerprint density at radius 2 is 1.80 bits per heavy atom. The number of carbonyl (C=O) groups excluding carboxylic acids is 1. The fourth-order valence-corrected chi connectivity index (χ4v) is 4.74. The molecule has 0 N–H and O–H groups in total. The molecule has 25 heavy (non-hydrogen) atoms. The number of hydrogen-bond donors (Lipinski definition) is 0. The Labute approximate surface area is 150 Å². The van der Waals surface area contributed by atoms with Crippen LogP contribution in [0.1, 0.15) is 24.0 Å². The molecule has 136 valence electrons. The van der Waals surface area contributed by atoms with Crippen LogP contribution >= 0.6 is 0 Å². The fraction of sp³-hybridized carbons (Fsp3) is 0.650. The number of amides is 1. The number of fused-ring (bicyclic) bond motifs is 2. The third-order valence-corrected chi connectivity index (χ3v) is 6.37. The Kier molecular flexibility index (Phi) is 4.80. The van der Waals surface area contributed by atoms with Crippen LogP contribution in [0.5, 0.6) is 0 Å². The van der Waals surface area contributed by atoms with Crippen LogP contribution < -0.4 is 0 Å². The first-order chi connectivity index (χ1) is 12.2. The molecule has 1 amide bonds. The highest BCUT2D eigenvalue weighted by Crippen LogP contribution is 2.42. The van der Waals surface area contributed by atoms with E-state index >= 15 is 0 Å². The lowest BCUT2D eigenvalue weighted by Gasteiger charge is -2.51. The minimum atomic E-state index is 0.160. The number of nitrogens with zero attached hydrogens (tertiary/aromatic N) is 3. The highest BCUT2D eigenvalue weighted by molar-refractivity contribution is 5.78. The molecule has 0 aliphatic carbocycles. The second-order valence-electron chi connectivity index (χ2n) is 7.63. The first kappa shape index (κ1) is 17.0. The minimum absolute atomic E-state index is 0.160. The summed E-state index contributed by atoms with van der Waals surface area (Å²) in [7, 11) is 2.27. The summed E-state index contributed by atoms with van der Waals surface area (Å²) in [5, 5.41) is 0. The average molecular weight is 343 g/mol. The van der Waals surface area contributed by atoms with Gasteiger partial charge in [-0.15, -0.1) is 0 Å². The van der Waals surface area contributed by atoms with Gasteiger partial charge in [-0.1, -0.05) is 24.3 Å². The van der Waals surface area contributed by atoms with Crippen molar-refractivity contribution in [3.63, 3.8) is 0 Å². The first-order valence-corrected chi connectivity index (χ1v) is 9.56. The Hall–Kier alpha value is -1.43. The summed E-state index contributed by atoms with van der Waals surface area (Å²) in [5.41, 5.74) is 3.19. The molecule has 5 heteroatoms. The monoisotopic (exact) mass is 343 g/mol. The van der Waals surface area contributed by atoms with Gasteiger partial charge in [0.2, 0.25) is 5.91 Å². The van der Waals surface area contributed by atoms with Crippen molar-refractivity contribution in [3.8, 4) is 0 Å². The molecule has 1 aromatic rings. The van der Waals surface area contributed by atoms with Crippen molar-refractivity contribution in [1.29, 1.82) is 0 Å². The van der Waals surface area contributed by atoms with Gasteiger partial charge in [-0.3, -0.25) is 14.6 Å². The van der Waals surface area contributed by atoms with Crippen molar-refractivity contribution < 1.29 is 9.53 Å². The topological polar surface area (TPSA) is 36.0 Å². The minimum Gasteiger partial charge on any atom is -0.378 e. The normalized spacial score (nSPS) is 24.3. The predicted octanol–water partition coefficient (Wildman–Crippen LogP) is 1.32. The van der Waals surface area contributed by atoms with E-state index in [0.29, 0.717) is 19.8 Å². The lowest BCUT2D eigenvalue weighted by atomic mass is 9.74. The van der Waals surface area contributed by atoms with E-state index in [0.717, 1.165) is 52.0 Å². The number of benzene rings is 1. The summed E-state index contributed by atoms with van der Waals surface area (Å²) < 4.78 is 5.35. The van der Waals surface area contributed by atoms with Gasteiger partial charge in [-0.2, -0.15) is 0 Å². The smallest absolute Gasteiger partial charge is 0.236 e. The zero-order valence-corrected chi connectivity index (χ0v) is 15.2. The van der Waals surface area contributed by atoms with Gasteiger partial charge >= 0.3 is 0 Å². The third kappa shape index (κ3) is 3.21. The van der Waals surface area contributed by atoms with Crippen LogP contribution in [-0.4, -0.2) is 80.1 Å². The van der Waals surface area contributed by atoms with Crippen LogP contribution in [0.2, 0.25) is 0 Å². The highest BCUT2D eigenvalue weighted by Gasteiger charge is 2.43. The van der Waals surface area contributed by atoms with E-state index in [4.69, 9.17) is 4.74 Å². The number of hydrogen-bond acceptors (Lipinski definition) is 4. The molecule has 1 aromatic carbocycles. The maximum absolute atomic E-state index is 12.5. The van der Waals surface area contributed by atoms with Crippen LogP contribution in [0.3, 0.4) is 0 Å². The van der Waals surface area contributed by atoms with E-state index in [-0.39, 0.29) is 11.4 Å². The largest absolute Gasteiger partial charge is 0.378 e. The Bertz CT molecular complexity index is 619. The second-order valence-corrected chi connectivity index (χ2v) is 7.63. The molecular formula is C20H29N3O2. The van der Waals surface area contributed by atoms with Crippen LogP contribution in [-0.2, 0) is 21.5 Å². The summed E-state index contributed by atoms with van der Waals surface area (Å²) in [6.07, 6.45) is 3.36. The van der Waals surface area contributed by atoms with Crippen molar-refractivity contribution in [3.05, 3.63) is 35.4 Å². The lowest BCUT2D eigenvalue weighted by Crippen LogP contribution is -2.56. The van der Waals surface area contributed by atoms with Crippen LogP contribution in [0.25, 0.3) is 0 Å². The summed E-state index contributed by atoms with van der Waals surface area (Å²) in [5.74, 6) is 0.261. The van der Waals surface area contributed by atoms with Gasteiger partial charge in [0, 0.05) is 38.3 Å². The average Bonchev–Trinajstić information content (AvgIpc) is 2.67. The van der Waals surface area contributed by atoms with E-state index in [1.807, 2.05) is 4.90 Å². The zero-order valence-electron chi connectivity index (χ0n) is 15.2. The summed E-state index contributed by atoms with van der Waals surface area (Å²) >= 11 is 0. The van der Waals surface area contributed by atoms with Gasteiger partial charge in [0.1, 0.15) is 0 Å². The molecular weight excluding hydrogens is 314 g/mol. The summed E-state index contributed by atoms with van der Waals surface area (Å²) in [6, 6.07) is 8.94. The van der Waals surface area contributed by atoms with E-state index in [2.05, 4.69) is 41.1 Å². The van der Waals surface area contributed by atoms with Gasteiger partial charge in [0.05, 0.1) is 19.8 Å². The summed E-state index contributed by atoms with van der Waals surface area (Å²) in [6.45, 7) is 6.51. The van der Waals surface area contributed by atoms with E-state index in [9.17, 15) is 4.79 Å². The maximum Gasteiger partial charge on any atom is 0.236 e. The van der Waals surface area contributed by atoms with E-state index in [1.54, 1.807) is 0 Å². The molecule has 3 aliphatic rings. The predicted molar refractivity (Wildman–Crippen MR) is 97.5 cm³/mol. The van der Waals surface area contributed by atoms with Crippen LogP contribution in [0.4, 0.5) is 0 Å². The lowest BCUT2D eigenvalue weighted by molar-refractivity contribution is -0.137. The standard InChI is InChI=1S/C20H29N3O2/c1-21-9-6-17-4-2-3-5-18(17)20(21)7-10-22(11-8-20)16-19(24)23-12-14-25-15-13-23/h2-5H,6-16H2,1H3. The van der Waals surface area contributed by atoms with Gasteiger partial charge in [-0.05, 0) is 37.4 Å². The van der Waals surface area contributed by atoms with E-state index < -0.39 is 0 Å². The van der Waals surface area contributed by atoms with Gasteiger partial charge in [0.25, 0.3) is 0 Å². The molecule has 5 nitrogen and oxygen atoms in total. The summed E-state index contributed by atoms with van der Waals surface area (Å²) in [4.78, 5) is 19.4.